The van der Waals surface area contributed by atoms with Gasteiger partial charge in [-0.2, -0.15) is 11.8 Å². The van der Waals surface area contributed by atoms with Crippen molar-refractivity contribution in [1.29, 1.82) is 0 Å². The van der Waals surface area contributed by atoms with Gasteiger partial charge < -0.3 is 15.5 Å². The minimum Gasteiger partial charge on any atom is -0.399 e. The maximum atomic E-state index is 12.4. The molecular formula is C15H21N3OS. The molecule has 2 aliphatic rings. The lowest BCUT2D eigenvalue weighted by molar-refractivity contribution is -0.135. The van der Waals surface area contributed by atoms with Crippen LogP contribution in [0.4, 0.5) is 11.4 Å². The molecule has 2 N–H and O–H groups in total. The number of rotatable bonds is 2. The Morgan fingerprint density at radius 2 is 2.05 bits per heavy atom. The first kappa shape index (κ1) is 13.6. The first-order chi connectivity index (χ1) is 9.74. The Morgan fingerprint density at radius 3 is 2.70 bits per heavy atom. The van der Waals surface area contributed by atoms with Gasteiger partial charge in [-0.05, 0) is 30.4 Å². The SMILES string of the molecule is Nc1cccc(N2CCN(C(=O)C3CCSC3)CC2)c1. The van der Waals surface area contributed by atoms with Crippen molar-refractivity contribution in [2.24, 2.45) is 5.92 Å². The molecule has 2 heterocycles. The third-order valence-electron chi connectivity index (χ3n) is 4.11. The topological polar surface area (TPSA) is 49.6 Å². The zero-order chi connectivity index (χ0) is 13.9. The van der Waals surface area contributed by atoms with E-state index in [1.165, 1.54) is 0 Å². The second kappa shape index (κ2) is 5.95. The molecule has 1 unspecified atom stereocenters. The summed E-state index contributed by atoms with van der Waals surface area (Å²) in [6.45, 7) is 3.45. The molecule has 0 saturated carbocycles. The van der Waals surface area contributed by atoms with Crippen LogP contribution in [0.15, 0.2) is 24.3 Å². The Morgan fingerprint density at radius 1 is 1.25 bits per heavy atom. The maximum absolute atomic E-state index is 12.4. The third-order valence-corrected chi connectivity index (χ3v) is 5.27. The number of carbonyl (C=O) groups excluding carboxylic acids is 1. The predicted octanol–water partition coefficient (Wildman–Crippen LogP) is 1.67. The number of nitrogens with zero attached hydrogens (tertiary/aromatic N) is 2. The van der Waals surface area contributed by atoms with E-state index in [4.69, 9.17) is 5.73 Å². The molecule has 1 amide bonds. The van der Waals surface area contributed by atoms with Crippen LogP contribution in [0.5, 0.6) is 0 Å². The number of hydrogen-bond donors (Lipinski definition) is 1. The molecule has 0 spiro atoms. The van der Waals surface area contributed by atoms with Crippen LogP contribution in [-0.2, 0) is 4.79 Å². The molecule has 4 nitrogen and oxygen atoms in total. The van der Waals surface area contributed by atoms with Crippen molar-refractivity contribution in [3.63, 3.8) is 0 Å². The molecule has 2 aliphatic heterocycles. The second-order valence-corrected chi connectivity index (χ2v) is 6.62. The van der Waals surface area contributed by atoms with E-state index in [2.05, 4.69) is 11.0 Å². The minimum atomic E-state index is 0.263. The summed E-state index contributed by atoms with van der Waals surface area (Å²) >= 11 is 1.90. The molecule has 1 aromatic rings. The summed E-state index contributed by atoms with van der Waals surface area (Å²) < 4.78 is 0. The van der Waals surface area contributed by atoms with Gasteiger partial charge in [0, 0.05) is 49.2 Å². The normalized spacial score (nSPS) is 23.1. The lowest BCUT2D eigenvalue weighted by Crippen LogP contribution is -2.50. The molecule has 3 rings (SSSR count). The van der Waals surface area contributed by atoms with Gasteiger partial charge in [0.2, 0.25) is 5.91 Å². The number of benzene rings is 1. The zero-order valence-corrected chi connectivity index (χ0v) is 12.4. The van der Waals surface area contributed by atoms with Crippen molar-refractivity contribution in [3.05, 3.63) is 24.3 Å². The van der Waals surface area contributed by atoms with E-state index in [0.717, 1.165) is 55.5 Å². The highest BCUT2D eigenvalue weighted by Crippen LogP contribution is 2.26. The summed E-state index contributed by atoms with van der Waals surface area (Å²) in [5.41, 5.74) is 7.79. The standard InChI is InChI=1S/C15H21N3OS/c16-13-2-1-3-14(10-13)17-5-7-18(8-6-17)15(19)12-4-9-20-11-12/h1-3,10,12H,4-9,11,16H2. The largest absolute Gasteiger partial charge is 0.399 e. The van der Waals surface area contributed by atoms with Crippen molar-refractivity contribution in [3.8, 4) is 0 Å². The number of thioether (sulfide) groups is 1. The van der Waals surface area contributed by atoms with Gasteiger partial charge in [0.25, 0.3) is 0 Å². The molecule has 2 fully saturated rings. The lowest BCUT2D eigenvalue weighted by atomic mass is 10.1. The molecule has 0 aromatic heterocycles. The Labute approximate surface area is 124 Å². The zero-order valence-electron chi connectivity index (χ0n) is 11.6. The van der Waals surface area contributed by atoms with E-state index in [0.29, 0.717) is 5.91 Å². The second-order valence-electron chi connectivity index (χ2n) is 5.47. The van der Waals surface area contributed by atoms with E-state index in [1.807, 2.05) is 34.9 Å². The molecule has 1 aromatic carbocycles. The van der Waals surface area contributed by atoms with E-state index >= 15 is 0 Å². The minimum absolute atomic E-state index is 0.263. The molecule has 2 saturated heterocycles. The van der Waals surface area contributed by atoms with Crippen LogP contribution in [-0.4, -0.2) is 48.5 Å². The average Bonchev–Trinajstić information content (AvgIpc) is 3.01. The number of nitrogen functional groups attached to an aromatic ring is 1. The Kier molecular flexibility index (Phi) is 4.05. The maximum Gasteiger partial charge on any atom is 0.226 e. The van der Waals surface area contributed by atoms with Gasteiger partial charge in [0.1, 0.15) is 0 Å². The van der Waals surface area contributed by atoms with E-state index in [-0.39, 0.29) is 5.92 Å². The van der Waals surface area contributed by atoms with E-state index in [1.54, 1.807) is 0 Å². The Bertz CT molecular complexity index is 480. The Hall–Kier alpha value is -1.36. The molecule has 1 atom stereocenters. The summed E-state index contributed by atoms with van der Waals surface area (Å²) in [4.78, 5) is 16.7. The fraction of sp³-hybridized carbons (Fsp3) is 0.533. The van der Waals surface area contributed by atoms with Gasteiger partial charge in [0.15, 0.2) is 0 Å². The summed E-state index contributed by atoms with van der Waals surface area (Å²) in [5, 5.41) is 0. The van der Waals surface area contributed by atoms with Crippen molar-refractivity contribution in [1.82, 2.24) is 4.90 Å². The van der Waals surface area contributed by atoms with Gasteiger partial charge in [-0.25, -0.2) is 0 Å². The lowest BCUT2D eigenvalue weighted by Gasteiger charge is -2.37. The van der Waals surface area contributed by atoms with Crippen LogP contribution in [0.2, 0.25) is 0 Å². The fourth-order valence-electron chi connectivity index (χ4n) is 2.89. The van der Waals surface area contributed by atoms with E-state index < -0.39 is 0 Å². The molecule has 5 heteroatoms. The average molecular weight is 291 g/mol. The number of hydrogen-bond acceptors (Lipinski definition) is 4. The first-order valence-electron chi connectivity index (χ1n) is 7.21. The van der Waals surface area contributed by atoms with Gasteiger partial charge in [-0.3, -0.25) is 4.79 Å². The molecule has 20 heavy (non-hydrogen) atoms. The predicted molar refractivity (Wildman–Crippen MR) is 85.1 cm³/mol. The van der Waals surface area contributed by atoms with Gasteiger partial charge in [-0.15, -0.1) is 0 Å². The third kappa shape index (κ3) is 2.87. The monoisotopic (exact) mass is 291 g/mol. The van der Waals surface area contributed by atoms with Crippen molar-refractivity contribution in [2.75, 3.05) is 48.3 Å². The van der Waals surface area contributed by atoms with Crippen LogP contribution in [0, 0.1) is 5.92 Å². The summed E-state index contributed by atoms with van der Waals surface area (Å²) in [7, 11) is 0. The summed E-state index contributed by atoms with van der Waals surface area (Å²) in [6, 6.07) is 7.98. The number of amides is 1. The van der Waals surface area contributed by atoms with Crippen LogP contribution in [0.3, 0.4) is 0 Å². The van der Waals surface area contributed by atoms with Gasteiger partial charge >= 0.3 is 0 Å². The molecule has 0 bridgehead atoms. The number of nitrogens with two attached hydrogens (primary N) is 1. The van der Waals surface area contributed by atoms with E-state index in [9.17, 15) is 4.79 Å². The first-order valence-corrected chi connectivity index (χ1v) is 8.36. The highest BCUT2D eigenvalue weighted by molar-refractivity contribution is 7.99. The number of carbonyl (C=O) groups is 1. The van der Waals surface area contributed by atoms with Crippen LogP contribution in [0.1, 0.15) is 6.42 Å². The van der Waals surface area contributed by atoms with Crippen molar-refractivity contribution in [2.45, 2.75) is 6.42 Å². The number of anilines is 2. The Balaban J connectivity index is 1.58. The highest BCUT2D eigenvalue weighted by atomic mass is 32.2. The summed E-state index contributed by atoms with van der Waals surface area (Å²) in [6.07, 6.45) is 1.05. The molecule has 0 aliphatic carbocycles. The van der Waals surface area contributed by atoms with Crippen LogP contribution >= 0.6 is 11.8 Å². The van der Waals surface area contributed by atoms with Gasteiger partial charge in [-0.1, -0.05) is 6.07 Å². The van der Waals surface area contributed by atoms with Crippen LogP contribution < -0.4 is 10.6 Å². The van der Waals surface area contributed by atoms with Gasteiger partial charge in [0.05, 0.1) is 0 Å². The number of piperazine rings is 1. The molecular weight excluding hydrogens is 270 g/mol. The summed E-state index contributed by atoms with van der Waals surface area (Å²) in [5.74, 6) is 2.77. The quantitative estimate of drug-likeness (QED) is 0.842. The van der Waals surface area contributed by atoms with Crippen molar-refractivity contribution >= 4 is 29.0 Å². The molecule has 0 radical (unpaired) electrons. The highest BCUT2D eigenvalue weighted by Gasteiger charge is 2.29. The van der Waals surface area contributed by atoms with Crippen LogP contribution in [0.25, 0.3) is 0 Å². The molecule has 108 valence electrons. The van der Waals surface area contributed by atoms with Crippen molar-refractivity contribution < 1.29 is 4.79 Å². The fourth-order valence-corrected chi connectivity index (χ4v) is 4.11. The smallest absolute Gasteiger partial charge is 0.226 e.